The standard InChI is InChI=1S/C19H24N2O4/c1-24-15-9-14(10-16(11-15)25-2)18(22)12-21-19(23)17(20)8-13-6-4-3-5-7-13/h3-7,9-11,17-18,22H,8,12,20H2,1-2H3,(H,21,23)/t17-,18?/m0/s1. The van der Waals surface area contributed by atoms with E-state index in [1.807, 2.05) is 30.3 Å². The molecule has 0 saturated carbocycles. The van der Waals surface area contributed by atoms with E-state index in [2.05, 4.69) is 5.32 Å². The van der Waals surface area contributed by atoms with Crippen molar-refractivity contribution in [3.05, 3.63) is 59.7 Å². The topological polar surface area (TPSA) is 93.8 Å². The molecule has 6 nitrogen and oxygen atoms in total. The minimum Gasteiger partial charge on any atom is -0.497 e. The number of rotatable bonds is 8. The highest BCUT2D eigenvalue weighted by molar-refractivity contribution is 5.81. The summed E-state index contributed by atoms with van der Waals surface area (Å²) in [4.78, 5) is 12.1. The lowest BCUT2D eigenvalue weighted by molar-refractivity contribution is -0.122. The quantitative estimate of drug-likeness (QED) is 0.673. The second-order valence-electron chi connectivity index (χ2n) is 5.70. The largest absolute Gasteiger partial charge is 0.497 e. The molecule has 0 heterocycles. The van der Waals surface area contributed by atoms with Crippen LogP contribution in [0.1, 0.15) is 17.2 Å². The van der Waals surface area contributed by atoms with Crippen LogP contribution in [0, 0.1) is 0 Å². The molecule has 0 aliphatic carbocycles. The van der Waals surface area contributed by atoms with E-state index in [0.29, 0.717) is 23.5 Å². The number of benzene rings is 2. The van der Waals surface area contributed by atoms with E-state index in [1.165, 1.54) is 14.2 Å². The molecule has 0 spiro atoms. The second-order valence-corrected chi connectivity index (χ2v) is 5.70. The van der Waals surface area contributed by atoms with Gasteiger partial charge in [0.25, 0.3) is 0 Å². The molecule has 134 valence electrons. The fraction of sp³-hybridized carbons (Fsp3) is 0.316. The van der Waals surface area contributed by atoms with Gasteiger partial charge in [-0.1, -0.05) is 30.3 Å². The summed E-state index contributed by atoms with van der Waals surface area (Å²) in [7, 11) is 3.07. The first-order valence-corrected chi connectivity index (χ1v) is 8.01. The van der Waals surface area contributed by atoms with Crippen LogP contribution in [-0.4, -0.2) is 37.8 Å². The Labute approximate surface area is 147 Å². The average molecular weight is 344 g/mol. The number of nitrogens with one attached hydrogen (secondary N) is 1. The van der Waals surface area contributed by atoms with Crippen molar-refractivity contribution >= 4 is 5.91 Å². The van der Waals surface area contributed by atoms with Gasteiger partial charge in [-0.3, -0.25) is 4.79 Å². The van der Waals surface area contributed by atoms with Gasteiger partial charge >= 0.3 is 0 Å². The lowest BCUT2D eigenvalue weighted by atomic mass is 10.1. The van der Waals surface area contributed by atoms with E-state index < -0.39 is 12.1 Å². The van der Waals surface area contributed by atoms with E-state index in [0.717, 1.165) is 5.56 Å². The van der Waals surface area contributed by atoms with Crippen LogP contribution < -0.4 is 20.5 Å². The summed E-state index contributed by atoms with van der Waals surface area (Å²) in [5.74, 6) is 0.832. The molecule has 2 aromatic rings. The molecule has 0 aliphatic rings. The van der Waals surface area contributed by atoms with Crippen molar-refractivity contribution in [3.63, 3.8) is 0 Å². The Morgan fingerprint density at radius 3 is 2.28 bits per heavy atom. The smallest absolute Gasteiger partial charge is 0.237 e. The third-order valence-electron chi connectivity index (χ3n) is 3.86. The van der Waals surface area contributed by atoms with Gasteiger partial charge in [-0.2, -0.15) is 0 Å². The summed E-state index contributed by atoms with van der Waals surface area (Å²) in [5.41, 5.74) is 7.51. The van der Waals surface area contributed by atoms with Gasteiger partial charge in [0.15, 0.2) is 0 Å². The Morgan fingerprint density at radius 2 is 1.72 bits per heavy atom. The third kappa shape index (κ3) is 5.48. The molecule has 0 aromatic heterocycles. The number of hydrogen-bond acceptors (Lipinski definition) is 5. The zero-order chi connectivity index (χ0) is 18.2. The van der Waals surface area contributed by atoms with Crippen molar-refractivity contribution < 1.29 is 19.4 Å². The lowest BCUT2D eigenvalue weighted by Gasteiger charge is -2.17. The number of hydrogen-bond donors (Lipinski definition) is 3. The van der Waals surface area contributed by atoms with Gasteiger partial charge in [0, 0.05) is 12.6 Å². The van der Waals surface area contributed by atoms with Gasteiger partial charge in [0.2, 0.25) is 5.91 Å². The van der Waals surface area contributed by atoms with E-state index in [-0.39, 0.29) is 12.5 Å². The highest BCUT2D eigenvalue weighted by Gasteiger charge is 2.17. The minimum absolute atomic E-state index is 0.0532. The maximum absolute atomic E-state index is 12.1. The van der Waals surface area contributed by atoms with Crippen molar-refractivity contribution in [3.8, 4) is 11.5 Å². The maximum atomic E-state index is 12.1. The first-order chi connectivity index (χ1) is 12.0. The summed E-state index contributed by atoms with van der Waals surface area (Å²) < 4.78 is 10.4. The van der Waals surface area contributed by atoms with Crippen LogP contribution >= 0.6 is 0 Å². The molecule has 1 amide bonds. The number of amides is 1. The second kappa shape index (κ2) is 9.05. The number of aliphatic hydroxyl groups excluding tert-OH is 1. The number of ether oxygens (including phenoxy) is 2. The summed E-state index contributed by atoms with van der Waals surface area (Å²) in [5, 5.41) is 13.0. The Hall–Kier alpha value is -2.57. The molecule has 2 atom stereocenters. The zero-order valence-electron chi connectivity index (χ0n) is 14.4. The Morgan fingerprint density at radius 1 is 1.12 bits per heavy atom. The van der Waals surface area contributed by atoms with Crippen LogP contribution in [0.2, 0.25) is 0 Å². The fourth-order valence-electron chi connectivity index (χ4n) is 2.43. The van der Waals surface area contributed by atoms with Gasteiger partial charge in [-0.05, 0) is 29.7 Å². The monoisotopic (exact) mass is 344 g/mol. The molecule has 2 rings (SSSR count). The Bertz CT molecular complexity index is 669. The van der Waals surface area contributed by atoms with Crippen molar-refractivity contribution in [1.82, 2.24) is 5.32 Å². The number of aliphatic hydroxyl groups is 1. The third-order valence-corrected chi connectivity index (χ3v) is 3.86. The molecule has 0 saturated heterocycles. The van der Waals surface area contributed by atoms with Gasteiger partial charge in [-0.15, -0.1) is 0 Å². The molecule has 1 unspecified atom stereocenters. The lowest BCUT2D eigenvalue weighted by Crippen LogP contribution is -2.43. The molecule has 2 aromatic carbocycles. The van der Waals surface area contributed by atoms with Gasteiger partial charge in [0.1, 0.15) is 11.5 Å². The van der Waals surface area contributed by atoms with Crippen LogP contribution in [0.5, 0.6) is 11.5 Å². The van der Waals surface area contributed by atoms with E-state index in [4.69, 9.17) is 15.2 Å². The molecule has 0 bridgehead atoms. The van der Waals surface area contributed by atoms with Crippen LogP contribution in [0.4, 0.5) is 0 Å². The SMILES string of the molecule is COc1cc(OC)cc(C(O)CNC(=O)[C@@H](N)Cc2ccccc2)c1. The number of methoxy groups -OCH3 is 2. The Kier molecular flexibility index (Phi) is 6.80. The first-order valence-electron chi connectivity index (χ1n) is 8.01. The van der Waals surface area contributed by atoms with Crippen LogP contribution in [0.3, 0.4) is 0 Å². The van der Waals surface area contributed by atoms with Crippen molar-refractivity contribution in [2.24, 2.45) is 5.73 Å². The molecular formula is C19H24N2O4. The van der Waals surface area contributed by atoms with Crippen LogP contribution in [0.25, 0.3) is 0 Å². The summed E-state index contributed by atoms with van der Waals surface area (Å²) in [6.07, 6.45) is -0.452. The van der Waals surface area contributed by atoms with Gasteiger partial charge < -0.3 is 25.6 Å². The maximum Gasteiger partial charge on any atom is 0.237 e. The van der Waals surface area contributed by atoms with Crippen molar-refractivity contribution in [2.75, 3.05) is 20.8 Å². The summed E-state index contributed by atoms with van der Waals surface area (Å²) >= 11 is 0. The highest BCUT2D eigenvalue weighted by Crippen LogP contribution is 2.26. The fourth-order valence-corrected chi connectivity index (χ4v) is 2.43. The minimum atomic E-state index is -0.892. The average Bonchev–Trinajstić information content (AvgIpc) is 2.65. The molecule has 25 heavy (non-hydrogen) atoms. The van der Waals surface area contributed by atoms with Crippen LogP contribution in [0.15, 0.2) is 48.5 Å². The number of carbonyl (C=O) groups excluding carboxylic acids is 1. The van der Waals surface area contributed by atoms with E-state index in [9.17, 15) is 9.90 Å². The number of nitrogens with two attached hydrogens (primary N) is 1. The van der Waals surface area contributed by atoms with Crippen molar-refractivity contribution in [1.29, 1.82) is 0 Å². The van der Waals surface area contributed by atoms with Gasteiger partial charge in [0.05, 0.1) is 26.4 Å². The van der Waals surface area contributed by atoms with E-state index in [1.54, 1.807) is 18.2 Å². The molecule has 0 aliphatic heterocycles. The predicted octanol–water partition coefficient (Wildman–Crippen LogP) is 1.42. The van der Waals surface area contributed by atoms with Crippen LogP contribution in [-0.2, 0) is 11.2 Å². The molecule has 0 fully saturated rings. The number of carbonyl (C=O) groups is 1. The summed E-state index contributed by atoms with van der Waals surface area (Å²) in [6, 6.07) is 14.0. The van der Waals surface area contributed by atoms with E-state index >= 15 is 0 Å². The highest BCUT2D eigenvalue weighted by atomic mass is 16.5. The predicted molar refractivity (Wildman–Crippen MR) is 95.6 cm³/mol. The summed E-state index contributed by atoms with van der Waals surface area (Å²) in [6.45, 7) is 0.0532. The van der Waals surface area contributed by atoms with Gasteiger partial charge in [-0.25, -0.2) is 0 Å². The zero-order valence-corrected chi connectivity index (χ0v) is 14.4. The molecule has 4 N–H and O–H groups in total. The Balaban J connectivity index is 1.92. The molecular weight excluding hydrogens is 320 g/mol. The first kappa shape index (κ1) is 18.8. The van der Waals surface area contributed by atoms with Crippen molar-refractivity contribution in [2.45, 2.75) is 18.6 Å². The molecule has 0 radical (unpaired) electrons. The molecule has 6 heteroatoms. The normalized spacial score (nSPS) is 13.0.